The zero-order chi connectivity index (χ0) is 25.2. The van der Waals surface area contributed by atoms with Crippen molar-refractivity contribution in [2.24, 2.45) is 0 Å². The number of benzene rings is 3. The molecule has 0 saturated carbocycles. The summed E-state index contributed by atoms with van der Waals surface area (Å²) in [5.74, 6) is 1.95. The molecule has 3 aromatic carbocycles. The summed E-state index contributed by atoms with van der Waals surface area (Å²) in [5.41, 5.74) is 2.98. The van der Waals surface area contributed by atoms with E-state index in [-0.39, 0.29) is 29.8 Å². The van der Waals surface area contributed by atoms with E-state index in [0.717, 1.165) is 16.9 Å². The molecule has 1 aromatic heterocycles. The van der Waals surface area contributed by atoms with Crippen molar-refractivity contribution in [3.63, 3.8) is 0 Å². The standard InChI is InChI=1S/C29H29ClO5/c1-18-16-25-23(17-24(18)30)26(31)28(34-15-14-33-22-12-10-21(32-5)11-13-22)27(35-25)19-6-8-20(9-7-19)29(2,3)4/h6-13,16-17H,14-15H2,1-5H3. The Bertz CT molecular complexity index is 1380. The largest absolute Gasteiger partial charge is 0.497 e. The summed E-state index contributed by atoms with van der Waals surface area (Å²) >= 11 is 6.29. The molecule has 0 aliphatic heterocycles. The minimum Gasteiger partial charge on any atom is -0.497 e. The Labute approximate surface area is 210 Å². The molecular formula is C29H29ClO5. The maximum Gasteiger partial charge on any atom is 0.235 e. The number of methoxy groups -OCH3 is 1. The van der Waals surface area contributed by atoms with Crippen LogP contribution < -0.4 is 19.6 Å². The molecule has 0 unspecified atom stereocenters. The van der Waals surface area contributed by atoms with Gasteiger partial charge >= 0.3 is 0 Å². The zero-order valence-electron chi connectivity index (χ0n) is 20.6. The van der Waals surface area contributed by atoms with Crippen molar-refractivity contribution < 1.29 is 18.6 Å². The van der Waals surface area contributed by atoms with Crippen LogP contribution in [0, 0.1) is 6.92 Å². The fraction of sp³-hybridized carbons (Fsp3) is 0.276. The van der Waals surface area contributed by atoms with Crippen LogP contribution in [-0.2, 0) is 5.41 Å². The van der Waals surface area contributed by atoms with Gasteiger partial charge in [-0.15, -0.1) is 0 Å². The lowest BCUT2D eigenvalue weighted by Gasteiger charge is -2.19. The van der Waals surface area contributed by atoms with E-state index in [1.54, 1.807) is 19.2 Å². The van der Waals surface area contributed by atoms with Crippen LogP contribution in [-0.4, -0.2) is 20.3 Å². The molecule has 35 heavy (non-hydrogen) atoms. The van der Waals surface area contributed by atoms with Crippen molar-refractivity contribution in [2.75, 3.05) is 20.3 Å². The number of rotatable bonds is 7. The number of hydrogen-bond acceptors (Lipinski definition) is 5. The first-order valence-electron chi connectivity index (χ1n) is 11.4. The molecule has 0 aliphatic carbocycles. The first-order chi connectivity index (χ1) is 16.7. The number of fused-ring (bicyclic) bond motifs is 1. The summed E-state index contributed by atoms with van der Waals surface area (Å²) in [6, 6.07) is 18.7. The van der Waals surface area contributed by atoms with Crippen molar-refractivity contribution in [3.8, 4) is 28.6 Å². The Hall–Kier alpha value is -3.44. The van der Waals surface area contributed by atoms with Gasteiger partial charge < -0.3 is 18.6 Å². The highest BCUT2D eigenvalue weighted by atomic mass is 35.5. The molecule has 0 amide bonds. The molecule has 0 radical (unpaired) electrons. The fourth-order valence-corrected chi connectivity index (χ4v) is 3.88. The van der Waals surface area contributed by atoms with Gasteiger partial charge in [-0.3, -0.25) is 4.79 Å². The number of hydrogen-bond donors (Lipinski definition) is 0. The van der Waals surface area contributed by atoms with Gasteiger partial charge in [0.2, 0.25) is 11.2 Å². The van der Waals surface area contributed by atoms with Crippen LogP contribution in [0.5, 0.6) is 17.2 Å². The minimum atomic E-state index is -0.271. The van der Waals surface area contributed by atoms with Crippen LogP contribution in [0.2, 0.25) is 5.02 Å². The first kappa shape index (κ1) is 24.7. The van der Waals surface area contributed by atoms with E-state index in [0.29, 0.717) is 27.5 Å². The Morgan fingerprint density at radius 1 is 0.886 bits per heavy atom. The van der Waals surface area contributed by atoms with Crippen LogP contribution in [0.4, 0.5) is 0 Å². The topological polar surface area (TPSA) is 57.9 Å². The van der Waals surface area contributed by atoms with Gasteiger partial charge in [0, 0.05) is 10.6 Å². The summed E-state index contributed by atoms with van der Waals surface area (Å²) in [7, 11) is 1.61. The van der Waals surface area contributed by atoms with Crippen LogP contribution in [0.25, 0.3) is 22.3 Å². The predicted molar refractivity (Wildman–Crippen MR) is 140 cm³/mol. The summed E-state index contributed by atoms with van der Waals surface area (Å²) < 4.78 is 23.1. The molecule has 0 bridgehead atoms. The maximum atomic E-state index is 13.4. The zero-order valence-corrected chi connectivity index (χ0v) is 21.4. The summed E-state index contributed by atoms with van der Waals surface area (Å²) in [4.78, 5) is 13.4. The van der Waals surface area contributed by atoms with Gasteiger partial charge in [-0.05, 0) is 59.9 Å². The SMILES string of the molecule is COc1ccc(OCCOc2c(-c3ccc(C(C)(C)C)cc3)oc3cc(C)c(Cl)cc3c2=O)cc1. The van der Waals surface area contributed by atoms with E-state index in [1.807, 2.05) is 55.5 Å². The average molecular weight is 493 g/mol. The quantitative estimate of drug-likeness (QED) is 0.255. The third kappa shape index (κ3) is 5.46. The average Bonchev–Trinajstić information content (AvgIpc) is 2.84. The second kappa shape index (κ2) is 10.0. The maximum absolute atomic E-state index is 13.4. The van der Waals surface area contributed by atoms with Crippen LogP contribution >= 0.6 is 11.6 Å². The second-order valence-corrected chi connectivity index (χ2v) is 9.79. The lowest BCUT2D eigenvalue weighted by Crippen LogP contribution is -2.15. The molecule has 0 N–H and O–H groups in total. The van der Waals surface area contributed by atoms with Crippen molar-refractivity contribution in [2.45, 2.75) is 33.1 Å². The molecule has 4 aromatic rings. The molecule has 4 rings (SSSR count). The smallest absolute Gasteiger partial charge is 0.235 e. The number of halogens is 1. The fourth-order valence-electron chi connectivity index (χ4n) is 3.72. The number of ether oxygens (including phenoxy) is 3. The first-order valence-corrected chi connectivity index (χ1v) is 11.8. The van der Waals surface area contributed by atoms with E-state index in [9.17, 15) is 4.79 Å². The van der Waals surface area contributed by atoms with Gasteiger partial charge in [-0.2, -0.15) is 0 Å². The third-order valence-electron chi connectivity index (χ3n) is 5.80. The van der Waals surface area contributed by atoms with Gasteiger partial charge in [-0.1, -0.05) is 56.6 Å². The lowest BCUT2D eigenvalue weighted by molar-refractivity contribution is 0.214. The van der Waals surface area contributed by atoms with Crippen molar-refractivity contribution in [1.82, 2.24) is 0 Å². The number of aryl methyl sites for hydroxylation is 1. The molecule has 182 valence electrons. The molecule has 1 heterocycles. The Kier molecular flexibility index (Phi) is 7.08. The Balaban J connectivity index is 1.66. The highest BCUT2D eigenvalue weighted by Gasteiger charge is 2.20. The minimum absolute atomic E-state index is 0.00867. The molecule has 0 saturated heterocycles. The summed E-state index contributed by atoms with van der Waals surface area (Å²) in [6.45, 7) is 8.75. The molecule has 6 heteroatoms. The lowest BCUT2D eigenvalue weighted by atomic mass is 9.86. The molecular weight excluding hydrogens is 464 g/mol. The van der Waals surface area contributed by atoms with Gasteiger partial charge in [0.05, 0.1) is 12.5 Å². The highest BCUT2D eigenvalue weighted by Crippen LogP contribution is 2.34. The van der Waals surface area contributed by atoms with E-state index >= 15 is 0 Å². The Morgan fingerprint density at radius 2 is 1.51 bits per heavy atom. The van der Waals surface area contributed by atoms with Crippen LogP contribution in [0.3, 0.4) is 0 Å². The van der Waals surface area contributed by atoms with Gasteiger partial charge in [0.1, 0.15) is 30.3 Å². The van der Waals surface area contributed by atoms with E-state index in [4.69, 9.17) is 30.2 Å². The normalized spacial score (nSPS) is 11.5. The van der Waals surface area contributed by atoms with Crippen molar-refractivity contribution in [3.05, 3.63) is 87.0 Å². The second-order valence-electron chi connectivity index (χ2n) is 9.39. The van der Waals surface area contributed by atoms with E-state index in [2.05, 4.69) is 20.8 Å². The van der Waals surface area contributed by atoms with Gasteiger partial charge in [0.15, 0.2) is 5.76 Å². The summed E-state index contributed by atoms with van der Waals surface area (Å²) in [5, 5.41) is 0.877. The van der Waals surface area contributed by atoms with E-state index in [1.165, 1.54) is 5.56 Å². The third-order valence-corrected chi connectivity index (χ3v) is 6.21. The Morgan fingerprint density at radius 3 is 2.14 bits per heavy atom. The predicted octanol–water partition coefficient (Wildman–Crippen LogP) is 7.19. The summed E-state index contributed by atoms with van der Waals surface area (Å²) in [6.07, 6.45) is 0. The highest BCUT2D eigenvalue weighted by molar-refractivity contribution is 6.32. The molecule has 0 atom stereocenters. The van der Waals surface area contributed by atoms with Crippen LogP contribution in [0.15, 0.2) is 69.9 Å². The monoisotopic (exact) mass is 492 g/mol. The molecule has 0 aliphatic rings. The van der Waals surface area contributed by atoms with Crippen molar-refractivity contribution >= 4 is 22.6 Å². The molecule has 0 spiro atoms. The molecule has 5 nitrogen and oxygen atoms in total. The van der Waals surface area contributed by atoms with Gasteiger partial charge in [-0.25, -0.2) is 0 Å². The van der Waals surface area contributed by atoms with Crippen molar-refractivity contribution in [1.29, 1.82) is 0 Å². The van der Waals surface area contributed by atoms with E-state index < -0.39 is 0 Å². The molecule has 0 fully saturated rings. The van der Waals surface area contributed by atoms with Crippen LogP contribution in [0.1, 0.15) is 31.9 Å². The van der Waals surface area contributed by atoms with Gasteiger partial charge in [0.25, 0.3) is 0 Å².